The third-order valence-corrected chi connectivity index (χ3v) is 6.71. The molecule has 176 valence electrons. The zero-order valence-corrected chi connectivity index (χ0v) is 20.0. The second-order valence-electron chi connectivity index (χ2n) is 8.57. The molecule has 0 spiro atoms. The van der Waals surface area contributed by atoms with Crippen molar-refractivity contribution in [1.29, 1.82) is 5.26 Å². The molecule has 6 nitrogen and oxygen atoms in total. The molecule has 7 heteroatoms. The molecule has 0 bridgehead atoms. The van der Waals surface area contributed by atoms with Gasteiger partial charge in [-0.15, -0.1) is 0 Å². The molecule has 6 aromatic rings. The summed E-state index contributed by atoms with van der Waals surface area (Å²) >= 11 is 6.65. The molecule has 0 saturated carbocycles. The van der Waals surface area contributed by atoms with Crippen LogP contribution in [0.3, 0.4) is 0 Å². The molecule has 0 unspecified atom stereocenters. The van der Waals surface area contributed by atoms with Crippen molar-refractivity contribution in [3.8, 4) is 34.0 Å². The number of pyridine rings is 1. The van der Waals surface area contributed by atoms with Gasteiger partial charge in [0.15, 0.2) is 0 Å². The number of nitriles is 1. The molecule has 0 amide bonds. The molecule has 0 radical (unpaired) electrons. The Kier molecular flexibility index (Phi) is 5.41. The fraction of sp³-hybridized carbons (Fsp3) is 0. The van der Waals surface area contributed by atoms with Crippen LogP contribution < -0.4 is 11.2 Å². The van der Waals surface area contributed by atoms with Gasteiger partial charge < -0.3 is 4.98 Å². The van der Waals surface area contributed by atoms with Crippen LogP contribution in [0, 0.1) is 11.3 Å². The number of hydrogen-bond donors (Lipinski definition) is 1. The Morgan fingerprint density at radius 1 is 0.838 bits per heavy atom. The van der Waals surface area contributed by atoms with Crippen molar-refractivity contribution in [1.82, 2.24) is 14.5 Å². The summed E-state index contributed by atoms with van der Waals surface area (Å²) in [6.07, 6.45) is 3.21. The van der Waals surface area contributed by atoms with Crippen LogP contribution in [0.15, 0.2) is 107 Å². The van der Waals surface area contributed by atoms with E-state index in [1.165, 1.54) is 6.20 Å². The molecule has 6 rings (SSSR count). The number of aromatic nitrogens is 3. The van der Waals surface area contributed by atoms with Crippen LogP contribution in [0.2, 0.25) is 5.02 Å². The van der Waals surface area contributed by atoms with E-state index < -0.39 is 11.2 Å². The molecule has 2 heterocycles. The first-order valence-corrected chi connectivity index (χ1v) is 11.8. The fourth-order valence-electron chi connectivity index (χ4n) is 4.69. The molecule has 4 aromatic carbocycles. The molecule has 0 aliphatic heterocycles. The van der Waals surface area contributed by atoms with Crippen molar-refractivity contribution in [3.05, 3.63) is 129 Å². The first kappa shape index (κ1) is 22.5. The Hall–Kier alpha value is -4.99. The van der Waals surface area contributed by atoms with Crippen LogP contribution >= 0.6 is 11.6 Å². The Balaban J connectivity index is 1.56. The summed E-state index contributed by atoms with van der Waals surface area (Å²) < 4.78 is 1.12. The maximum atomic E-state index is 13.5. The number of rotatable bonds is 3. The van der Waals surface area contributed by atoms with Crippen molar-refractivity contribution in [2.45, 2.75) is 0 Å². The van der Waals surface area contributed by atoms with E-state index in [0.717, 1.165) is 37.6 Å². The Morgan fingerprint density at radius 2 is 1.68 bits per heavy atom. The first-order chi connectivity index (χ1) is 18.0. The molecule has 0 aliphatic rings. The largest absolute Gasteiger partial charge is 0.333 e. The molecule has 1 N–H and O–H groups in total. The fourth-order valence-corrected chi connectivity index (χ4v) is 4.97. The predicted octanol–water partition coefficient (Wildman–Crippen LogP) is 6.09. The van der Waals surface area contributed by atoms with Gasteiger partial charge >= 0.3 is 5.69 Å². The summed E-state index contributed by atoms with van der Waals surface area (Å²) in [7, 11) is 0. The van der Waals surface area contributed by atoms with Gasteiger partial charge in [-0.1, -0.05) is 66.2 Å². The van der Waals surface area contributed by atoms with Crippen molar-refractivity contribution in [2.24, 2.45) is 0 Å². The molecule has 0 atom stereocenters. The summed E-state index contributed by atoms with van der Waals surface area (Å²) in [6.45, 7) is 0. The standard InChI is InChI=1S/C30H17ClN4O2/c31-25-10-4-9-23(19-7-3-5-18(13-19)15-32)28(25)20-11-12-24-26(14-20)34-30(37)35(29(24)36)27-17-33-16-21-6-1-2-8-22(21)27/h1-14,16-17H,(H,34,37). The minimum Gasteiger partial charge on any atom is -0.306 e. The quantitative estimate of drug-likeness (QED) is 0.318. The third kappa shape index (κ3) is 3.79. The van der Waals surface area contributed by atoms with Gasteiger partial charge in [-0.3, -0.25) is 9.78 Å². The van der Waals surface area contributed by atoms with Gasteiger partial charge in [0, 0.05) is 27.6 Å². The van der Waals surface area contributed by atoms with E-state index in [4.69, 9.17) is 11.6 Å². The lowest BCUT2D eigenvalue weighted by atomic mass is 9.93. The highest BCUT2D eigenvalue weighted by molar-refractivity contribution is 6.34. The van der Waals surface area contributed by atoms with Gasteiger partial charge in [0.25, 0.3) is 5.56 Å². The normalized spacial score (nSPS) is 11.0. The topological polar surface area (TPSA) is 91.5 Å². The third-order valence-electron chi connectivity index (χ3n) is 6.39. The van der Waals surface area contributed by atoms with Gasteiger partial charge in [0.1, 0.15) is 0 Å². The Bertz CT molecular complexity index is 2010. The van der Waals surface area contributed by atoms with Gasteiger partial charge in [-0.2, -0.15) is 5.26 Å². The van der Waals surface area contributed by atoms with Crippen molar-refractivity contribution >= 4 is 33.3 Å². The number of aromatic amines is 1. The average molecular weight is 501 g/mol. The van der Waals surface area contributed by atoms with E-state index in [0.29, 0.717) is 27.2 Å². The van der Waals surface area contributed by atoms with E-state index in [1.807, 2.05) is 54.6 Å². The maximum absolute atomic E-state index is 13.5. The number of hydrogen-bond acceptors (Lipinski definition) is 4. The lowest BCUT2D eigenvalue weighted by Crippen LogP contribution is -2.33. The SMILES string of the molecule is N#Cc1cccc(-c2cccc(Cl)c2-c2ccc3c(=O)n(-c4cncc5ccccc45)c(=O)[nH]c3c2)c1. The number of halogens is 1. The van der Waals surface area contributed by atoms with Crippen molar-refractivity contribution in [2.75, 3.05) is 0 Å². The average Bonchev–Trinajstić information content (AvgIpc) is 2.93. The summed E-state index contributed by atoms with van der Waals surface area (Å²) in [5.74, 6) is 0. The van der Waals surface area contributed by atoms with Gasteiger partial charge in [-0.05, 0) is 47.0 Å². The van der Waals surface area contributed by atoms with Crippen LogP contribution in [-0.2, 0) is 0 Å². The van der Waals surface area contributed by atoms with E-state index in [9.17, 15) is 14.9 Å². The summed E-state index contributed by atoms with van der Waals surface area (Å²) in [5, 5.41) is 11.8. The first-order valence-electron chi connectivity index (χ1n) is 11.5. The predicted molar refractivity (Wildman–Crippen MR) is 146 cm³/mol. The van der Waals surface area contributed by atoms with Crippen LogP contribution in [0.5, 0.6) is 0 Å². The maximum Gasteiger partial charge on any atom is 0.333 e. The summed E-state index contributed by atoms with van der Waals surface area (Å²) in [5.41, 5.74) is 3.49. The number of fused-ring (bicyclic) bond motifs is 2. The lowest BCUT2D eigenvalue weighted by Gasteiger charge is -2.14. The molecule has 0 fully saturated rings. The van der Waals surface area contributed by atoms with Gasteiger partial charge in [-0.25, -0.2) is 9.36 Å². The van der Waals surface area contributed by atoms with Crippen LogP contribution in [0.25, 0.3) is 49.6 Å². The smallest absolute Gasteiger partial charge is 0.306 e. The molecular formula is C30H17ClN4O2. The number of nitrogens with one attached hydrogen (secondary N) is 1. The molecule has 0 saturated heterocycles. The molecular weight excluding hydrogens is 484 g/mol. The molecule has 37 heavy (non-hydrogen) atoms. The van der Waals surface area contributed by atoms with E-state index in [2.05, 4.69) is 16.0 Å². The van der Waals surface area contributed by atoms with Crippen molar-refractivity contribution < 1.29 is 0 Å². The van der Waals surface area contributed by atoms with E-state index in [-0.39, 0.29) is 0 Å². The zero-order valence-electron chi connectivity index (χ0n) is 19.3. The minimum absolute atomic E-state index is 0.358. The highest BCUT2D eigenvalue weighted by Gasteiger charge is 2.16. The summed E-state index contributed by atoms with van der Waals surface area (Å²) in [6, 6.07) is 27.7. The highest BCUT2D eigenvalue weighted by atomic mass is 35.5. The monoisotopic (exact) mass is 500 g/mol. The van der Waals surface area contributed by atoms with Gasteiger partial charge in [0.05, 0.1) is 34.4 Å². The summed E-state index contributed by atoms with van der Waals surface area (Å²) in [4.78, 5) is 33.8. The van der Waals surface area contributed by atoms with Crippen LogP contribution in [0.4, 0.5) is 0 Å². The second-order valence-corrected chi connectivity index (χ2v) is 8.97. The molecule has 0 aliphatic carbocycles. The Morgan fingerprint density at radius 3 is 2.54 bits per heavy atom. The zero-order chi connectivity index (χ0) is 25.5. The van der Waals surface area contributed by atoms with E-state index in [1.54, 1.807) is 36.5 Å². The van der Waals surface area contributed by atoms with Crippen LogP contribution in [-0.4, -0.2) is 14.5 Å². The number of benzene rings is 4. The Labute approximate surface area is 215 Å². The van der Waals surface area contributed by atoms with E-state index >= 15 is 0 Å². The van der Waals surface area contributed by atoms with Crippen molar-refractivity contribution in [3.63, 3.8) is 0 Å². The molecule has 2 aromatic heterocycles. The minimum atomic E-state index is -0.561. The highest BCUT2D eigenvalue weighted by Crippen LogP contribution is 2.38. The number of nitrogens with zero attached hydrogens (tertiary/aromatic N) is 3. The number of H-pyrrole nitrogens is 1. The van der Waals surface area contributed by atoms with Gasteiger partial charge in [0.2, 0.25) is 0 Å². The van der Waals surface area contributed by atoms with Crippen LogP contribution in [0.1, 0.15) is 5.56 Å². The second kappa shape index (κ2) is 8.90. The lowest BCUT2D eigenvalue weighted by molar-refractivity contribution is 0.902.